The van der Waals surface area contributed by atoms with E-state index in [2.05, 4.69) is 4.90 Å². The number of ether oxygens (including phenoxy) is 6. The highest BCUT2D eigenvalue weighted by atomic mass is 16.5. The standard InChI is InChI=1S/C28H36N2O8/c1-33-22-14-19(15-23(34-2)27(22)37-5)7-8-26(32)30-11-9-29(10-12-30)18-21(31)13-20-16-24(35-3)28(38-6)25(17-20)36-4/h7-8,14-17H,9-13,18H2,1-6H3. The largest absolute Gasteiger partial charge is 0.493 e. The molecule has 0 aliphatic carbocycles. The number of rotatable bonds is 12. The minimum atomic E-state index is -0.0952. The van der Waals surface area contributed by atoms with Gasteiger partial charge in [0.2, 0.25) is 17.4 Å². The van der Waals surface area contributed by atoms with Gasteiger partial charge in [0.15, 0.2) is 28.8 Å². The highest BCUT2D eigenvalue weighted by molar-refractivity contribution is 5.92. The minimum absolute atomic E-state index is 0.0707. The van der Waals surface area contributed by atoms with Crippen LogP contribution in [0.2, 0.25) is 0 Å². The second kappa shape index (κ2) is 13.6. The maximum absolute atomic E-state index is 12.8. The molecule has 206 valence electrons. The van der Waals surface area contributed by atoms with Crippen LogP contribution in [0.5, 0.6) is 34.5 Å². The van der Waals surface area contributed by atoms with Crippen LogP contribution in [0.4, 0.5) is 0 Å². The molecule has 0 radical (unpaired) electrons. The number of benzene rings is 2. The number of hydrogen-bond acceptors (Lipinski definition) is 9. The predicted molar refractivity (Wildman–Crippen MR) is 143 cm³/mol. The second-order valence-electron chi connectivity index (χ2n) is 8.64. The Kier molecular flexibility index (Phi) is 10.2. The number of methoxy groups -OCH3 is 6. The van der Waals surface area contributed by atoms with Gasteiger partial charge in [0.25, 0.3) is 0 Å². The fraction of sp³-hybridized carbons (Fsp3) is 0.429. The normalized spacial score (nSPS) is 13.8. The van der Waals surface area contributed by atoms with Crippen molar-refractivity contribution >= 4 is 17.8 Å². The maximum Gasteiger partial charge on any atom is 0.246 e. The van der Waals surface area contributed by atoms with Crippen LogP contribution in [-0.4, -0.2) is 96.9 Å². The maximum atomic E-state index is 12.8. The fourth-order valence-electron chi connectivity index (χ4n) is 4.37. The number of carbonyl (C=O) groups is 2. The Morgan fingerprint density at radius 3 is 1.63 bits per heavy atom. The summed E-state index contributed by atoms with van der Waals surface area (Å²) in [5.41, 5.74) is 1.54. The van der Waals surface area contributed by atoms with Crippen molar-refractivity contribution in [1.29, 1.82) is 0 Å². The van der Waals surface area contributed by atoms with Gasteiger partial charge in [-0.3, -0.25) is 14.5 Å². The molecule has 1 fully saturated rings. The molecule has 2 aromatic carbocycles. The van der Waals surface area contributed by atoms with E-state index in [1.807, 2.05) is 0 Å². The summed E-state index contributed by atoms with van der Waals surface area (Å²) in [4.78, 5) is 29.4. The van der Waals surface area contributed by atoms with Gasteiger partial charge in [0, 0.05) is 38.7 Å². The van der Waals surface area contributed by atoms with Gasteiger partial charge < -0.3 is 33.3 Å². The summed E-state index contributed by atoms with van der Waals surface area (Å²) in [6.45, 7) is 2.61. The summed E-state index contributed by atoms with van der Waals surface area (Å²) in [5.74, 6) is 3.03. The molecule has 1 aliphatic heterocycles. The predicted octanol–water partition coefficient (Wildman–Crippen LogP) is 2.71. The van der Waals surface area contributed by atoms with E-state index in [9.17, 15) is 9.59 Å². The van der Waals surface area contributed by atoms with Crippen LogP contribution in [0, 0.1) is 0 Å². The van der Waals surface area contributed by atoms with Crippen molar-refractivity contribution in [3.63, 3.8) is 0 Å². The zero-order valence-corrected chi connectivity index (χ0v) is 22.9. The molecule has 0 aromatic heterocycles. The van der Waals surface area contributed by atoms with E-state index in [1.54, 1.807) is 77.9 Å². The third kappa shape index (κ3) is 6.89. The lowest BCUT2D eigenvalue weighted by Crippen LogP contribution is -2.49. The van der Waals surface area contributed by atoms with Gasteiger partial charge in [-0.05, 0) is 41.5 Å². The molecule has 10 nitrogen and oxygen atoms in total. The van der Waals surface area contributed by atoms with E-state index in [-0.39, 0.29) is 18.1 Å². The van der Waals surface area contributed by atoms with Gasteiger partial charge in [0.1, 0.15) is 0 Å². The smallest absolute Gasteiger partial charge is 0.246 e. The Bertz CT molecular complexity index is 1110. The van der Waals surface area contributed by atoms with Crippen molar-refractivity contribution < 1.29 is 38.0 Å². The van der Waals surface area contributed by atoms with E-state index in [1.165, 1.54) is 6.08 Å². The number of nitrogens with zero attached hydrogens (tertiary/aromatic N) is 2. The topological polar surface area (TPSA) is 96.0 Å². The molecule has 1 heterocycles. The van der Waals surface area contributed by atoms with Crippen LogP contribution in [0.25, 0.3) is 6.08 Å². The first kappa shape index (κ1) is 28.6. The molecule has 0 saturated carbocycles. The Hall–Kier alpha value is -3.92. The Labute approximate surface area is 223 Å². The summed E-state index contributed by atoms with van der Waals surface area (Å²) in [6.07, 6.45) is 3.50. The molecule has 10 heteroatoms. The van der Waals surface area contributed by atoms with Crippen LogP contribution in [-0.2, 0) is 16.0 Å². The summed E-state index contributed by atoms with van der Waals surface area (Å²) in [6, 6.07) is 7.14. The second-order valence-corrected chi connectivity index (χ2v) is 8.64. The van der Waals surface area contributed by atoms with E-state index >= 15 is 0 Å². The molecular weight excluding hydrogens is 492 g/mol. The van der Waals surface area contributed by atoms with Gasteiger partial charge in [-0.1, -0.05) is 0 Å². The van der Waals surface area contributed by atoms with Gasteiger partial charge in [-0.25, -0.2) is 0 Å². The average molecular weight is 529 g/mol. The van der Waals surface area contributed by atoms with Crippen molar-refractivity contribution in [3.05, 3.63) is 41.5 Å². The number of carbonyl (C=O) groups excluding carboxylic acids is 2. The van der Waals surface area contributed by atoms with Gasteiger partial charge in [-0.15, -0.1) is 0 Å². The number of piperazine rings is 1. The first-order chi connectivity index (χ1) is 18.4. The van der Waals surface area contributed by atoms with E-state index in [0.29, 0.717) is 67.2 Å². The van der Waals surface area contributed by atoms with Crippen LogP contribution >= 0.6 is 0 Å². The molecule has 2 aromatic rings. The van der Waals surface area contributed by atoms with Gasteiger partial charge in [0.05, 0.1) is 49.2 Å². The van der Waals surface area contributed by atoms with E-state index in [4.69, 9.17) is 28.4 Å². The molecule has 1 aliphatic rings. The molecule has 1 saturated heterocycles. The van der Waals surface area contributed by atoms with Crippen LogP contribution in [0.3, 0.4) is 0 Å². The molecule has 0 unspecified atom stereocenters. The van der Waals surface area contributed by atoms with Crippen LogP contribution < -0.4 is 28.4 Å². The van der Waals surface area contributed by atoms with Gasteiger partial charge >= 0.3 is 0 Å². The lowest BCUT2D eigenvalue weighted by atomic mass is 10.1. The van der Waals surface area contributed by atoms with Crippen molar-refractivity contribution in [2.24, 2.45) is 0 Å². The average Bonchev–Trinajstić information content (AvgIpc) is 2.94. The molecular formula is C28H36N2O8. The number of hydrogen-bond donors (Lipinski definition) is 0. The zero-order valence-electron chi connectivity index (χ0n) is 22.9. The summed E-state index contributed by atoms with van der Waals surface area (Å²) in [7, 11) is 9.27. The molecule has 0 bridgehead atoms. The highest BCUT2D eigenvalue weighted by Crippen LogP contribution is 2.39. The Balaban J connectivity index is 1.55. The zero-order chi connectivity index (χ0) is 27.7. The fourth-order valence-corrected chi connectivity index (χ4v) is 4.37. The number of amides is 1. The first-order valence-corrected chi connectivity index (χ1v) is 12.2. The minimum Gasteiger partial charge on any atom is -0.493 e. The van der Waals surface area contributed by atoms with Crippen molar-refractivity contribution in [1.82, 2.24) is 9.80 Å². The van der Waals surface area contributed by atoms with Crippen molar-refractivity contribution in [2.75, 3.05) is 75.4 Å². The summed E-state index contributed by atoms with van der Waals surface area (Å²) < 4.78 is 32.2. The van der Waals surface area contributed by atoms with E-state index < -0.39 is 0 Å². The lowest BCUT2D eigenvalue weighted by molar-refractivity contribution is -0.128. The summed E-state index contributed by atoms with van der Waals surface area (Å²) >= 11 is 0. The van der Waals surface area contributed by atoms with E-state index in [0.717, 1.165) is 11.1 Å². The SMILES string of the molecule is COc1cc(C=CC(=O)N2CCN(CC(=O)Cc3cc(OC)c(OC)c(OC)c3)CC2)cc(OC)c1OC. The molecule has 0 spiro atoms. The number of ketones is 1. The lowest BCUT2D eigenvalue weighted by Gasteiger charge is -2.33. The Morgan fingerprint density at radius 2 is 1.18 bits per heavy atom. The van der Waals surface area contributed by atoms with Gasteiger partial charge in [-0.2, -0.15) is 0 Å². The summed E-state index contributed by atoms with van der Waals surface area (Å²) in [5, 5.41) is 0. The molecule has 0 N–H and O–H groups in total. The molecule has 3 rings (SSSR count). The van der Waals surface area contributed by atoms with Crippen molar-refractivity contribution in [2.45, 2.75) is 6.42 Å². The molecule has 0 atom stereocenters. The molecule has 38 heavy (non-hydrogen) atoms. The number of Topliss-reactive ketones (excluding diaryl/α,β-unsaturated/α-hetero) is 1. The van der Waals surface area contributed by atoms with Crippen LogP contribution in [0.15, 0.2) is 30.3 Å². The van der Waals surface area contributed by atoms with Crippen LogP contribution in [0.1, 0.15) is 11.1 Å². The molecule has 1 amide bonds. The third-order valence-electron chi connectivity index (χ3n) is 6.32. The first-order valence-electron chi connectivity index (χ1n) is 12.2. The monoisotopic (exact) mass is 528 g/mol. The quantitative estimate of drug-likeness (QED) is 0.385. The third-order valence-corrected chi connectivity index (χ3v) is 6.32. The van der Waals surface area contributed by atoms with Crippen molar-refractivity contribution in [3.8, 4) is 34.5 Å². The Morgan fingerprint density at radius 1 is 0.711 bits per heavy atom. The highest BCUT2D eigenvalue weighted by Gasteiger charge is 2.22.